The van der Waals surface area contributed by atoms with E-state index in [2.05, 4.69) is 0 Å². The number of hydrazine groups is 1. The number of hydrogen-bond donors (Lipinski definition) is 3. The van der Waals surface area contributed by atoms with Gasteiger partial charge in [-0.25, -0.2) is 5.84 Å². The number of ether oxygens (including phenoxy) is 1. The average molecular weight is 245 g/mol. The summed E-state index contributed by atoms with van der Waals surface area (Å²) < 4.78 is 5.01. The second-order valence-electron chi connectivity index (χ2n) is 3.87. The number of amides is 1. The summed E-state index contributed by atoms with van der Waals surface area (Å²) in [6.45, 7) is 2.89. The van der Waals surface area contributed by atoms with Crippen LogP contribution in [-0.4, -0.2) is 25.0 Å². The van der Waals surface area contributed by atoms with Gasteiger partial charge in [0.25, 0.3) is 0 Å². The molecule has 0 radical (unpaired) electrons. The zero-order valence-corrected chi connectivity index (χ0v) is 10.4. The van der Waals surface area contributed by atoms with Crippen LogP contribution in [0.25, 0.3) is 0 Å². The molecule has 0 aliphatic rings. The molecule has 0 fully saturated rings. The number of carbonyl (C=O) groups excluding carboxylic acids is 2. The van der Waals surface area contributed by atoms with E-state index in [0.29, 0.717) is 26.0 Å². The predicted molar refractivity (Wildman–Crippen MR) is 64.6 cm³/mol. The molecule has 5 N–H and O–H groups in total. The summed E-state index contributed by atoms with van der Waals surface area (Å²) in [5.41, 5.74) is 7.35. The van der Waals surface area contributed by atoms with Gasteiger partial charge in [-0.05, 0) is 25.8 Å². The smallest absolute Gasteiger partial charge is 0.318 e. The van der Waals surface area contributed by atoms with Crippen molar-refractivity contribution in [2.75, 3.05) is 13.2 Å². The van der Waals surface area contributed by atoms with Gasteiger partial charge in [0, 0.05) is 0 Å². The van der Waals surface area contributed by atoms with E-state index in [1.54, 1.807) is 0 Å². The maximum Gasteiger partial charge on any atom is 0.318 e. The van der Waals surface area contributed by atoms with Gasteiger partial charge >= 0.3 is 5.97 Å². The average Bonchev–Trinajstić information content (AvgIpc) is 2.34. The summed E-state index contributed by atoms with van der Waals surface area (Å²) in [4.78, 5) is 23.1. The molecule has 0 spiro atoms. The number of carbonyl (C=O) groups is 2. The number of nitrogens with one attached hydrogen (secondary N) is 1. The van der Waals surface area contributed by atoms with Gasteiger partial charge in [-0.3, -0.25) is 15.0 Å². The van der Waals surface area contributed by atoms with E-state index in [9.17, 15) is 9.59 Å². The molecule has 6 heteroatoms. The first-order valence-electron chi connectivity index (χ1n) is 6.04. The molecule has 0 heterocycles. The molecule has 0 aromatic heterocycles. The van der Waals surface area contributed by atoms with Crippen LogP contribution in [0.4, 0.5) is 0 Å². The first-order valence-corrected chi connectivity index (χ1v) is 6.04. The molecular formula is C11H23N3O3. The van der Waals surface area contributed by atoms with Crippen LogP contribution >= 0.6 is 0 Å². The fraction of sp³-hybridized carbons (Fsp3) is 0.818. The molecule has 0 aromatic rings. The summed E-state index contributed by atoms with van der Waals surface area (Å²) >= 11 is 0. The Kier molecular flexibility index (Phi) is 9.37. The minimum Gasteiger partial charge on any atom is -0.465 e. The predicted octanol–water partition coefficient (Wildman–Crippen LogP) is 0.0648. The molecule has 0 aliphatic carbocycles. The van der Waals surface area contributed by atoms with Crippen LogP contribution in [0.1, 0.15) is 39.0 Å². The Labute approximate surface area is 102 Å². The van der Waals surface area contributed by atoms with Crippen molar-refractivity contribution in [2.45, 2.75) is 39.0 Å². The van der Waals surface area contributed by atoms with E-state index in [0.717, 1.165) is 19.3 Å². The Morgan fingerprint density at radius 2 is 2.00 bits per heavy atom. The Bertz CT molecular complexity index is 234. The monoisotopic (exact) mass is 245 g/mol. The highest BCUT2D eigenvalue weighted by molar-refractivity contribution is 5.97. The maximum absolute atomic E-state index is 11.6. The minimum absolute atomic E-state index is 0.348. The third kappa shape index (κ3) is 6.91. The molecular weight excluding hydrogens is 222 g/mol. The highest BCUT2D eigenvalue weighted by Gasteiger charge is 2.26. The summed E-state index contributed by atoms with van der Waals surface area (Å²) in [5.74, 6) is 3.22. The van der Waals surface area contributed by atoms with Crippen molar-refractivity contribution in [1.29, 1.82) is 0 Å². The van der Waals surface area contributed by atoms with Crippen LogP contribution in [0.5, 0.6) is 0 Å². The Morgan fingerprint density at radius 1 is 1.29 bits per heavy atom. The molecule has 0 saturated heterocycles. The molecule has 0 aromatic carbocycles. The van der Waals surface area contributed by atoms with Crippen molar-refractivity contribution in [3.8, 4) is 0 Å². The lowest BCUT2D eigenvalue weighted by Crippen LogP contribution is -2.40. The van der Waals surface area contributed by atoms with Crippen LogP contribution in [0.2, 0.25) is 0 Å². The summed E-state index contributed by atoms with van der Waals surface area (Å²) in [6, 6.07) is 0. The lowest BCUT2D eigenvalue weighted by molar-refractivity contribution is -0.153. The number of rotatable bonds is 9. The van der Waals surface area contributed by atoms with Gasteiger partial charge in [0.1, 0.15) is 5.92 Å². The van der Waals surface area contributed by atoms with Crippen LogP contribution in [-0.2, 0) is 14.3 Å². The van der Waals surface area contributed by atoms with Crippen molar-refractivity contribution < 1.29 is 14.3 Å². The van der Waals surface area contributed by atoms with E-state index in [4.69, 9.17) is 16.3 Å². The summed E-state index contributed by atoms with van der Waals surface area (Å²) in [7, 11) is 0. The second kappa shape index (κ2) is 10.0. The molecule has 0 saturated carbocycles. The number of hydrogen-bond acceptors (Lipinski definition) is 5. The SMILES string of the molecule is CCCCOC(=O)C(CCCCN)C(=O)NN. The van der Waals surface area contributed by atoms with Gasteiger partial charge in [0.15, 0.2) is 0 Å². The Hall–Kier alpha value is -1.14. The largest absolute Gasteiger partial charge is 0.465 e. The molecule has 17 heavy (non-hydrogen) atoms. The molecule has 100 valence electrons. The normalized spacial score (nSPS) is 11.9. The van der Waals surface area contributed by atoms with Crippen LogP contribution in [0.15, 0.2) is 0 Å². The molecule has 1 unspecified atom stereocenters. The first kappa shape index (κ1) is 15.9. The third-order valence-electron chi connectivity index (χ3n) is 2.43. The van der Waals surface area contributed by atoms with Gasteiger partial charge in [0.2, 0.25) is 5.91 Å². The molecule has 1 atom stereocenters. The fourth-order valence-electron chi connectivity index (χ4n) is 1.37. The topological polar surface area (TPSA) is 107 Å². The van der Waals surface area contributed by atoms with E-state index >= 15 is 0 Å². The third-order valence-corrected chi connectivity index (χ3v) is 2.43. The Balaban J connectivity index is 4.15. The Morgan fingerprint density at radius 3 is 2.53 bits per heavy atom. The quantitative estimate of drug-likeness (QED) is 0.133. The summed E-state index contributed by atoms with van der Waals surface area (Å²) in [5, 5.41) is 0. The highest BCUT2D eigenvalue weighted by Crippen LogP contribution is 2.11. The van der Waals surface area contributed by atoms with E-state index in [-0.39, 0.29) is 0 Å². The first-order chi connectivity index (χ1) is 8.17. The lowest BCUT2D eigenvalue weighted by Gasteiger charge is -2.14. The fourth-order valence-corrected chi connectivity index (χ4v) is 1.37. The number of esters is 1. The van der Waals surface area contributed by atoms with Crippen molar-refractivity contribution >= 4 is 11.9 Å². The van der Waals surface area contributed by atoms with Gasteiger partial charge in [0.05, 0.1) is 6.61 Å². The van der Waals surface area contributed by atoms with E-state index in [1.807, 2.05) is 12.3 Å². The van der Waals surface area contributed by atoms with Crippen molar-refractivity contribution in [3.05, 3.63) is 0 Å². The van der Waals surface area contributed by atoms with Crippen molar-refractivity contribution in [1.82, 2.24) is 5.43 Å². The zero-order chi connectivity index (χ0) is 13.1. The van der Waals surface area contributed by atoms with Crippen LogP contribution < -0.4 is 17.0 Å². The van der Waals surface area contributed by atoms with Gasteiger partial charge in [-0.2, -0.15) is 0 Å². The van der Waals surface area contributed by atoms with Gasteiger partial charge < -0.3 is 10.5 Å². The number of nitrogens with two attached hydrogens (primary N) is 2. The lowest BCUT2D eigenvalue weighted by atomic mass is 10.0. The van der Waals surface area contributed by atoms with Crippen LogP contribution in [0.3, 0.4) is 0 Å². The molecule has 6 nitrogen and oxygen atoms in total. The maximum atomic E-state index is 11.6. The van der Waals surface area contributed by atoms with Crippen molar-refractivity contribution in [2.24, 2.45) is 17.5 Å². The zero-order valence-electron chi connectivity index (χ0n) is 10.4. The number of unbranched alkanes of at least 4 members (excludes halogenated alkanes) is 2. The standard InChI is InChI=1S/C11H23N3O3/c1-2-3-8-17-11(16)9(10(15)14-13)6-4-5-7-12/h9H,2-8,12-13H2,1H3,(H,14,15). The molecule has 1 amide bonds. The van der Waals surface area contributed by atoms with Crippen LogP contribution in [0, 0.1) is 5.92 Å². The van der Waals surface area contributed by atoms with E-state index in [1.165, 1.54) is 0 Å². The molecule has 0 bridgehead atoms. The van der Waals surface area contributed by atoms with Gasteiger partial charge in [-0.1, -0.05) is 19.8 Å². The summed E-state index contributed by atoms with van der Waals surface area (Å²) in [6.07, 6.45) is 3.64. The molecule has 0 rings (SSSR count). The van der Waals surface area contributed by atoms with Gasteiger partial charge in [-0.15, -0.1) is 0 Å². The highest BCUT2D eigenvalue weighted by atomic mass is 16.5. The van der Waals surface area contributed by atoms with E-state index < -0.39 is 17.8 Å². The minimum atomic E-state index is -0.816. The molecule has 0 aliphatic heterocycles. The second-order valence-corrected chi connectivity index (χ2v) is 3.87. The van der Waals surface area contributed by atoms with Crippen molar-refractivity contribution in [3.63, 3.8) is 0 Å².